The van der Waals surface area contributed by atoms with Crippen molar-refractivity contribution in [3.8, 4) is 0 Å². The lowest BCUT2D eigenvalue weighted by atomic mass is 10.3. The molecule has 0 unspecified atom stereocenters. The molecule has 0 saturated carbocycles. The average molecular weight is 270 g/mol. The van der Waals surface area contributed by atoms with Gasteiger partial charge in [0.1, 0.15) is 5.00 Å². The van der Waals surface area contributed by atoms with E-state index in [1.807, 2.05) is 0 Å². The van der Waals surface area contributed by atoms with Crippen molar-refractivity contribution < 1.29 is 8.42 Å². The van der Waals surface area contributed by atoms with E-state index in [0.29, 0.717) is 5.00 Å². The van der Waals surface area contributed by atoms with Gasteiger partial charge in [0.2, 0.25) is 0 Å². The lowest BCUT2D eigenvalue weighted by Gasteiger charge is -2.06. The molecule has 0 amide bonds. The minimum atomic E-state index is -3.56. The van der Waals surface area contributed by atoms with Crippen molar-refractivity contribution in [2.45, 2.75) is 4.90 Å². The molecule has 0 spiro atoms. The summed E-state index contributed by atoms with van der Waals surface area (Å²) in [5.41, 5.74) is 0.850. The highest BCUT2D eigenvalue weighted by molar-refractivity contribution is 7.93. The van der Waals surface area contributed by atoms with Gasteiger partial charge in [-0.2, -0.15) is 0 Å². The van der Waals surface area contributed by atoms with Crippen molar-refractivity contribution in [1.29, 1.82) is 0 Å². The Morgan fingerprint density at radius 2 is 1.94 bits per heavy atom. The third kappa shape index (κ3) is 2.71. The molecule has 1 aromatic carbocycles. The molecule has 8 heteroatoms. The quantitative estimate of drug-likeness (QED) is 0.877. The summed E-state index contributed by atoms with van der Waals surface area (Å²) in [6, 6.07) is 6.45. The van der Waals surface area contributed by atoms with Gasteiger partial charge in [-0.05, 0) is 24.3 Å². The van der Waals surface area contributed by atoms with E-state index in [9.17, 15) is 8.42 Å². The summed E-state index contributed by atoms with van der Waals surface area (Å²) < 4.78 is 29.8. The number of nitrogens with zero attached hydrogens (tertiary/aromatic N) is 2. The Bertz CT molecular complexity index is 578. The van der Waals surface area contributed by atoms with Crippen molar-refractivity contribution in [3.05, 3.63) is 30.5 Å². The van der Waals surface area contributed by atoms with Crippen LogP contribution in [0.1, 0.15) is 0 Å². The molecule has 0 aliphatic heterocycles. The first-order valence-corrected chi connectivity index (χ1v) is 6.95. The Morgan fingerprint density at radius 3 is 2.47 bits per heavy atom. The summed E-state index contributed by atoms with van der Waals surface area (Å²) in [5.74, 6) is 0. The van der Waals surface area contributed by atoms with Crippen molar-refractivity contribution >= 4 is 32.2 Å². The van der Waals surface area contributed by atoms with Gasteiger partial charge in [0.05, 0.1) is 11.1 Å². The molecule has 0 fully saturated rings. The Morgan fingerprint density at radius 1 is 1.24 bits per heavy atom. The Balaban J connectivity index is 2.25. The van der Waals surface area contributed by atoms with Crippen LogP contribution in [0.3, 0.4) is 0 Å². The number of rotatable bonds is 4. The predicted octanol–water partition coefficient (Wildman–Crippen LogP) is 1.38. The SMILES string of the molecule is CNc1ccc(S(=O)(=O)Nc2cnns2)cc1. The molecule has 2 aromatic rings. The smallest absolute Gasteiger partial charge is 0.262 e. The largest absolute Gasteiger partial charge is 0.388 e. The van der Waals surface area contributed by atoms with E-state index in [4.69, 9.17) is 0 Å². The number of hydrogen-bond acceptors (Lipinski definition) is 6. The van der Waals surface area contributed by atoms with E-state index < -0.39 is 10.0 Å². The Labute approximate surface area is 103 Å². The molecule has 2 N–H and O–H groups in total. The molecule has 1 heterocycles. The maximum absolute atomic E-state index is 11.9. The fourth-order valence-corrected chi connectivity index (χ4v) is 2.89. The lowest BCUT2D eigenvalue weighted by Crippen LogP contribution is -2.11. The van der Waals surface area contributed by atoms with E-state index in [1.54, 1.807) is 19.2 Å². The van der Waals surface area contributed by atoms with E-state index in [2.05, 4.69) is 19.6 Å². The second-order valence-electron chi connectivity index (χ2n) is 3.16. The first-order valence-electron chi connectivity index (χ1n) is 4.70. The number of nitrogens with one attached hydrogen (secondary N) is 2. The highest BCUT2D eigenvalue weighted by atomic mass is 32.2. The monoisotopic (exact) mass is 270 g/mol. The van der Waals surface area contributed by atoms with Crippen LogP contribution in [0.5, 0.6) is 0 Å². The highest BCUT2D eigenvalue weighted by Crippen LogP contribution is 2.18. The Kier molecular flexibility index (Phi) is 3.25. The number of aromatic nitrogens is 2. The minimum absolute atomic E-state index is 0.199. The molecule has 0 atom stereocenters. The number of hydrogen-bond donors (Lipinski definition) is 2. The van der Waals surface area contributed by atoms with Gasteiger partial charge in [-0.25, -0.2) is 8.42 Å². The van der Waals surface area contributed by atoms with Gasteiger partial charge in [-0.1, -0.05) is 4.49 Å². The topological polar surface area (TPSA) is 84.0 Å². The maximum atomic E-state index is 11.9. The summed E-state index contributed by atoms with van der Waals surface area (Å²) in [6.45, 7) is 0. The van der Waals surface area contributed by atoms with Crippen molar-refractivity contribution in [1.82, 2.24) is 9.59 Å². The Hall–Kier alpha value is -1.67. The van der Waals surface area contributed by atoms with Crippen molar-refractivity contribution in [3.63, 3.8) is 0 Å². The zero-order chi connectivity index (χ0) is 12.3. The fourth-order valence-electron chi connectivity index (χ4n) is 1.20. The summed E-state index contributed by atoms with van der Waals surface area (Å²) in [5, 5.41) is 6.87. The van der Waals surface area contributed by atoms with Gasteiger partial charge in [0, 0.05) is 24.3 Å². The van der Waals surface area contributed by atoms with E-state index in [-0.39, 0.29) is 4.90 Å². The van der Waals surface area contributed by atoms with Gasteiger partial charge < -0.3 is 5.32 Å². The van der Waals surface area contributed by atoms with E-state index >= 15 is 0 Å². The van der Waals surface area contributed by atoms with Crippen LogP contribution in [0, 0.1) is 0 Å². The van der Waals surface area contributed by atoms with Crippen LogP contribution in [0.25, 0.3) is 0 Å². The zero-order valence-corrected chi connectivity index (χ0v) is 10.5. The number of benzene rings is 1. The molecular formula is C9H10N4O2S2. The summed E-state index contributed by atoms with van der Waals surface area (Å²) in [6.07, 6.45) is 1.37. The van der Waals surface area contributed by atoms with Crippen LogP contribution >= 0.6 is 11.5 Å². The van der Waals surface area contributed by atoms with Crippen LogP contribution in [0.15, 0.2) is 35.4 Å². The standard InChI is InChI=1S/C9H10N4O2S2/c1-10-7-2-4-8(5-3-7)17(14,15)12-9-6-11-13-16-9/h2-6,10,12H,1H3. The van der Waals surface area contributed by atoms with Crippen LogP contribution in [0.4, 0.5) is 10.7 Å². The zero-order valence-electron chi connectivity index (χ0n) is 8.91. The van der Waals surface area contributed by atoms with E-state index in [0.717, 1.165) is 17.2 Å². The normalized spacial score (nSPS) is 11.1. The molecule has 17 heavy (non-hydrogen) atoms. The average Bonchev–Trinajstić information content (AvgIpc) is 2.81. The second-order valence-corrected chi connectivity index (χ2v) is 5.63. The molecule has 6 nitrogen and oxygen atoms in total. The first kappa shape index (κ1) is 11.8. The van der Waals surface area contributed by atoms with Crippen LogP contribution in [-0.2, 0) is 10.0 Å². The molecule has 90 valence electrons. The van der Waals surface area contributed by atoms with Crippen molar-refractivity contribution in [2.75, 3.05) is 17.1 Å². The van der Waals surface area contributed by atoms with Gasteiger partial charge >= 0.3 is 0 Å². The number of anilines is 2. The molecule has 2 rings (SSSR count). The molecule has 1 aromatic heterocycles. The predicted molar refractivity (Wildman–Crippen MR) is 66.7 cm³/mol. The fraction of sp³-hybridized carbons (Fsp3) is 0.111. The maximum Gasteiger partial charge on any atom is 0.262 e. The highest BCUT2D eigenvalue weighted by Gasteiger charge is 2.14. The summed E-state index contributed by atoms with van der Waals surface area (Å²) >= 11 is 0.988. The molecule has 0 saturated heterocycles. The first-order chi connectivity index (χ1) is 8.12. The van der Waals surface area contributed by atoms with Gasteiger partial charge in [0.25, 0.3) is 10.0 Å². The molecule has 0 aliphatic rings. The second kappa shape index (κ2) is 4.68. The van der Waals surface area contributed by atoms with Gasteiger partial charge in [0.15, 0.2) is 0 Å². The third-order valence-electron chi connectivity index (χ3n) is 2.05. The minimum Gasteiger partial charge on any atom is -0.388 e. The van der Waals surface area contributed by atoms with Crippen LogP contribution < -0.4 is 10.0 Å². The van der Waals surface area contributed by atoms with Gasteiger partial charge in [-0.15, -0.1) is 5.10 Å². The molecule has 0 bridgehead atoms. The van der Waals surface area contributed by atoms with Gasteiger partial charge in [-0.3, -0.25) is 4.72 Å². The number of sulfonamides is 1. The summed E-state index contributed by atoms with van der Waals surface area (Å²) in [7, 11) is -1.79. The van der Waals surface area contributed by atoms with E-state index in [1.165, 1.54) is 18.3 Å². The molecule has 0 radical (unpaired) electrons. The molecule has 0 aliphatic carbocycles. The van der Waals surface area contributed by atoms with Crippen molar-refractivity contribution in [2.24, 2.45) is 0 Å². The lowest BCUT2D eigenvalue weighted by molar-refractivity contribution is 0.601. The van der Waals surface area contributed by atoms with Crippen LogP contribution in [-0.4, -0.2) is 25.1 Å². The molecular weight excluding hydrogens is 260 g/mol. The third-order valence-corrected chi connectivity index (χ3v) is 4.14. The van der Waals surface area contributed by atoms with Crippen LogP contribution in [0.2, 0.25) is 0 Å². The summed E-state index contributed by atoms with van der Waals surface area (Å²) in [4.78, 5) is 0.199.